The largest absolute Gasteiger partial charge is 0.354 e. The quantitative estimate of drug-likeness (QED) is 0.784. The van der Waals surface area contributed by atoms with Crippen LogP contribution in [0.5, 0.6) is 0 Å². The molecule has 4 heterocycles. The Bertz CT molecular complexity index is 964. The maximum atomic E-state index is 12.9. The van der Waals surface area contributed by atoms with E-state index in [1.54, 1.807) is 30.9 Å². The van der Waals surface area contributed by atoms with Crippen molar-refractivity contribution in [2.24, 2.45) is 5.41 Å². The Hall–Kier alpha value is -2.96. The van der Waals surface area contributed by atoms with E-state index in [2.05, 4.69) is 31.9 Å². The smallest absolute Gasteiger partial charge is 0.254 e. The summed E-state index contributed by atoms with van der Waals surface area (Å²) in [4.78, 5) is 33.1. The van der Waals surface area contributed by atoms with Crippen LogP contribution >= 0.6 is 0 Å². The van der Waals surface area contributed by atoms with Gasteiger partial charge in [-0.15, -0.1) is 0 Å². The summed E-state index contributed by atoms with van der Waals surface area (Å²) >= 11 is 0. The Kier molecular flexibility index (Phi) is 3.25. The molecule has 132 valence electrons. The molecule has 1 saturated heterocycles. The zero-order chi connectivity index (χ0) is 17.7. The van der Waals surface area contributed by atoms with Crippen molar-refractivity contribution in [2.45, 2.75) is 18.9 Å². The summed E-state index contributed by atoms with van der Waals surface area (Å²) in [5.41, 5.74) is 1.73. The van der Waals surface area contributed by atoms with E-state index in [1.165, 1.54) is 0 Å². The Balaban J connectivity index is 1.44. The summed E-state index contributed by atoms with van der Waals surface area (Å²) in [6.07, 6.45) is 9.14. The third-order valence-corrected chi connectivity index (χ3v) is 5.85. The second-order valence-corrected chi connectivity index (χ2v) is 7.35. The molecule has 1 atom stereocenters. The lowest BCUT2D eigenvalue weighted by Crippen LogP contribution is -2.40. The molecule has 3 aromatic rings. The first-order chi connectivity index (χ1) is 12.7. The molecule has 7 heteroatoms. The van der Waals surface area contributed by atoms with Crippen LogP contribution in [0.2, 0.25) is 0 Å². The normalized spacial score (nSPS) is 20.7. The molecule has 1 saturated carbocycles. The lowest BCUT2D eigenvalue weighted by Gasteiger charge is -2.30. The highest BCUT2D eigenvalue weighted by Crippen LogP contribution is 2.55. The lowest BCUT2D eigenvalue weighted by molar-refractivity contribution is 0.0784. The number of fused-ring (bicyclic) bond motifs is 1. The van der Waals surface area contributed by atoms with Gasteiger partial charge in [0.15, 0.2) is 0 Å². The molecule has 1 N–H and O–H groups in total. The van der Waals surface area contributed by atoms with Gasteiger partial charge in [-0.1, -0.05) is 0 Å². The number of hydrogen-bond acceptors (Lipinski definition) is 5. The highest BCUT2D eigenvalue weighted by atomic mass is 16.2. The Morgan fingerprint density at radius 3 is 2.85 bits per heavy atom. The average molecular weight is 348 g/mol. The van der Waals surface area contributed by atoms with Crippen LogP contribution in [0.25, 0.3) is 11.0 Å². The maximum Gasteiger partial charge on any atom is 0.254 e. The molecule has 1 aliphatic heterocycles. The average Bonchev–Trinajstić information content (AvgIpc) is 3.12. The van der Waals surface area contributed by atoms with Crippen molar-refractivity contribution in [3.63, 3.8) is 0 Å². The number of rotatable bonds is 3. The molecule has 0 radical (unpaired) electrons. The standard InChI is InChI=1S/C19H20N6O/c1-24(17-14-4-9-21-16(14)22-12-23-17)15-10-25(11-19(15)5-6-19)18(26)13-2-7-20-8-3-13/h2-4,7-9,12,15H,5-6,10-11H2,1H3,(H,21,22,23). The van der Waals surface area contributed by atoms with Gasteiger partial charge in [0, 0.05) is 49.7 Å². The van der Waals surface area contributed by atoms with Gasteiger partial charge < -0.3 is 14.8 Å². The van der Waals surface area contributed by atoms with Crippen molar-refractivity contribution in [1.82, 2.24) is 24.8 Å². The van der Waals surface area contributed by atoms with E-state index in [0.717, 1.165) is 36.2 Å². The van der Waals surface area contributed by atoms with Crippen molar-refractivity contribution in [3.8, 4) is 0 Å². The van der Waals surface area contributed by atoms with E-state index in [0.29, 0.717) is 12.1 Å². The van der Waals surface area contributed by atoms with Crippen LogP contribution in [0.3, 0.4) is 0 Å². The molecule has 2 aliphatic rings. The van der Waals surface area contributed by atoms with Gasteiger partial charge in [-0.25, -0.2) is 9.97 Å². The second kappa shape index (κ2) is 5.52. The van der Waals surface area contributed by atoms with E-state index in [-0.39, 0.29) is 17.4 Å². The summed E-state index contributed by atoms with van der Waals surface area (Å²) in [7, 11) is 2.08. The van der Waals surface area contributed by atoms with Crippen LogP contribution < -0.4 is 4.90 Å². The molecule has 2 fully saturated rings. The van der Waals surface area contributed by atoms with Crippen molar-refractivity contribution in [2.75, 3.05) is 25.0 Å². The molecule has 1 spiro atoms. The van der Waals surface area contributed by atoms with Crippen molar-refractivity contribution >= 4 is 22.8 Å². The number of anilines is 1. The number of nitrogens with one attached hydrogen (secondary N) is 1. The molecule has 3 aromatic heterocycles. The van der Waals surface area contributed by atoms with Gasteiger partial charge in [0.2, 0.25) is 0 Å². The number of carbonyl (C=O) groups is 1. The number of H-pyrrole nitrogens is 1. The Morgan fingerprint density at radius 2 is 2.08 bits per heavy atom. The molecule has 0 bridgehead atoms. The van der Waals surface area contributed by atoms with Crippen LogP contribution in [0, 0.1) is 5.41 Å². The first-order valence-electron chi connectivity index (χ1n) is 8.88. The van der Waals surface area contributed by atoms with Gasteiger partial charge in [0.05, 0.1) is 11.4 Å². The minimum Gasteiger partial charge on any atom is -0.354 e. The molecular weight excluding hydrogens is 328 g/mol. The third-order valence-electron chi connectivity index (χ3n) is 5.85. The molecule has 26 heavy (non-hydrogen) atoms. The summed E-state index contributed by atoms with van der Waals surface area (Å²) in [5, 5.41) is 1.02. The van der Waals surface area contributed by atoms with Gasteiger partial charge in [-0.3, -0.25) is 9.78 Å². The van der Waals surface area contributed by atoms with Crippen LogP contribution in [0.15, 0.2) is 43.1 Å². The predicted molar refractivity (Wildman–Crippen MR) is 97.9 cm³/mol. The third kappa shape index (κ3) is 2.27. The number of carbonyl (C=O) groups excluding carboxylic acids is 1. The van der Waals surface area contributed by atoms with E-state index < -0.39 is 0 Å². The number of likely N-dealkylation sites (tertiary alicyclic amines) is 1. The number of hydrogen-bond donors (Lipinski definition) is 1. The van der Waals surface area contributed by atoms with E-state index >= 15 is 0 Å². The summed E-state index contributed by atoms with van der Waals surface area (Å²) < 4.78 is 0. The fraction of sp³-hybridized carbons (Fsp3) is 0.368. The molecule has 7 nitrogen and oxygen atoms in total. The molecule has 1 aliphatic carbocycles. The Morgan fingerprint density at radius 1 is 1.27 bits per heavy atom. The number of pyridine rings is 1. The minimum atomic E-state index is 0.0871. The number of aromatic amines is 1. The zero-order valence-corrected chi connectivity index (χ0v) is 14.6. The highest BCUT2D eigenvalue weighted by molar-refractivity contribution is 5.94. The molecule has 1 unspecified atom stereocenters. The van der Waals surface area contributed by atoms with E-state index in [1.807, 2.05) is 17.2 Å². The maximum absolute atomic E-state index is 12.9. The topological polar surface area (TPSA) is 78.0 Å². The fourth-order valence-electron chi connectivity index (χ4n) is 4.26. The number of amides is 1. The van der Waals surface area contributed by atoms with Crippen LogP contribution in [-0.2, 0) is 0 Å². The molecular formula is C19H20N6O. The first kappa shape index (κ1) is 15.3. The van der Waals surface area contributed by atoms with E-state index in [4.69, 9.17) is 0 Å². The van der Waals surface area contributed by atoms with Crippen LogP contribution in [-0.4, -0.2) is 56.9 Å². The zero-order valence-electron chi connectivity index (χ0n) is 14.6. The Labute approximate surface area is 151 Å². The second-order valence-electron chi connectivity index (χ2n) is 7.35. The van der Waals surface area contributed by atoms with Gasteiger partial charge in [0.1, 0.15) is 17.8 Å². The molecule has 0 aromatic carbocycles. The van der Waals surface area contributed by atoms with Crippen LogP contribution in [0.1, 0.15) is 23.2 Å². The first-order valence-corrected chi connectivity index (χ1v) is 8.88. The van der Waals surface area contributed by atoms with E-state index in [9.17, 15) is 4.79 Å². The summed E-state index contributed by atoms with van der Waals surface area (Å²) in [6.45, 7) is 1.53. The molecule has 1 amide bonds. The summed E-state index contributed by atoms with van der Waals surface area (Å²) in [5.74, 6) is 1.01. The van der Waals surface area contributed by atoms with Gasteiger partial charge in [-0.2, -0.15) is 0 Å². The van der Waals surface area contributed by atoms with Crippen LogP contribution in [0.4, 0.5) is 5.82 Å². The monoisotopic (exact) mass is 348 g/mol. The van der Waals surface area contributed by atoms with Crippen molar-refractivity contribution in [1.29, 1.82) is 0 Å². The van der Waals surface area contributed by atoms with Crippen molar-refractivity contribution in [3.05, 3.63) is 48.7 Å². The fourth-order valence-corrected chi connectivity index (χ4v) is 4.26. The number of likely N-dealkylation sites (N-methyl/N-ethyl adjacent to an activating group) is 1. The highest BCUT2D eigenvalue weighted by Gasteiger charge is 2.57. The predicted octanol–water partition coefficient (Wildman–Crippen LogP) is 2.09. The minimum absolute atomic E-state index is 0.0871. The van der Waals surface area contributed by atoms with Gasteiger partial charge in [-0.05, 0) is 31.0 Å². The lowest BCUT2D eigenvalue weighted by atomic mass is 9.99. The van der Waals surface area contributed by atoms with Gasteiger partial charge >= 0.3 is 0 Å². The number of nitrogens with zero attached hydrogens (tertiary/aromatic N) is 5. The molecule has 5 rings (SSSR count). The summed E-state index contributed by atoms with van der Waals surface area (Å²) in [6, 6.07) is 5.84. The number of aromatic nitrogens is 4. The van der Waals surface area contributed by atoms with Gasteiger partial charge in [0.25, 0.3) is 5.91 Å². The SMILES string of the molecule is CN(c1ncnc2[nH]ccc12)C1CN(C(=O)c2ccncc2)CC12CC2. The van der Waals surface area contributed by atoms with Crippen molar-refractivity contribution < 1.29 is 4.79 Å².